The van der Waals surface area contributed by atoms with Gasteiger partial charge in [0.05, 0.1) is 0 Å². The molecule has 0 fully saturated rings. The summed E-state index contributed by atoms with van der Waals surface area (Å²) in [5.41, 5.74) is 4.55. The Hall–Kier alpha value is -0.476. The summed E-state index contributed by atoms with van der Waals surface area (Å²) in [6.45, 7) is 3.48. The number of hydrogen-bond donors (Lipinski definition) is 2. The van der Waals surface area contributed by atoms with E-state index in [-0.39, 0.29) is 32.7 Å². The monoisotopic (exact) mass is 332 g/mol. The average molecular weight is 332 g/mol. The zero-order valence-corrected chi connectivity index (χ0v) is 14.1. The molecule has 0 heterocycles. The van der Waals surface area contributed by atoms with Gasteiger partial charge in [0.1, 0.15) is 0 Å². The van der Waals surface area contributed by atoms with Crippen molar-refractivity contribution in [3.8, 4) is 0 Å². The molecule has 0 saturated heterocycles. The van der Waals surface area contributed by atoms with Crippen LogP contribution in [0.5, 0.6) is 0 Å². The van der Waals surface area contributed by atoms with Crippen LogP contribution < -0.4 is 5.48 Å². The van der Waals surface area contributed by atoms with E-state index in [1.807, 2.05) is 6.07 Å². The molecule has 19 heavy (non-hydrogen) atoms. The molecule has 0 amide bonds. The van der Waals surface area contributed by atoms with Crippen LogP contribution in [0, 0.1) is 0 Å². The molecule has 0 atom stereocenters. The fourth-order valence-electron chi connectivity index (χ4n) is 2.16. The Morgan fingerprint density at radius 2 is 1.84 bits per heavy atom. The van der Waals surface area contributed by atoms with Gasteiger partial charge in [0.2, 0.25) is 0 Å². The van der Waals surface area contributed by atoms with Gasteiger partial charge < -0.3 is 10.5 Å². The van der Waals surface area contributed by atoms with Gasteiger partial charge in [-0.1, -0.05) is 49.7 Å². The van der Waals surface area contributed by atoms with Crippen molar-refractivity contribution >= 4 is 16.5 Å². The van der Waals surface area contributed by atoms with Crippen LogP contribution in [0.4, 0.5) is 5.69 Å². The van der Waals surface area contributed by atoms with E-state index in [1.54, 1.807) is 0 Å². The Balaban J connectivity index is 0.00000180. The van der Waals surface area contributed by atoms with Crippen molar-refractivity contribution in [3.05, 3.63) is 47.3 Å². The molecule has 0 aliphatic rings. The first-order valence-corrected chi connectivity index (χ1v) is 6.42. The number of rotatable bonds is 6. The Bertz CT molecular complexity index is 516. The van der Waals surface area contributed by atoms with E-state index in [0.29, 0.717) is 6.54 Å². The fraction of sp³-hybridized carbons (Fsp3) is 0.333. The molecule has 0 aromatic heterocycles. The molecule has 2 N–H and O–H groups in total. The number of nitrogens with one attached hydrogen (secondary N) is 1. The van der Waals surface area contributed by atoms with E-state index in [9.17, 15) is 0 Å². The van der Waals surface area contributed by atoms with Gasteiger partial charge in [-0.15, -0.1) is 12.2 Å². The van der Waals surface area contributed by atoms with E-state index in [1.165, 1.54) is 16.3 Å². The van der Waals surface area contributed by atoms with Crippen LogP contribution in [0.25, 0.3) is 16.1 Å². The number of nitrogens with zero attached hydrogens (tertiary/aromatic N) is 1. The maximum absolute atomic E-state index is 8.51. The average Bonchev–Trinajstić information content (AvgIpc) is 2.43. The van der Waals surface area contributed by atoms with Crippen LogP contribution in [-0.2, 0) is 39.1 Å². The molecule has 4 heteroatoms. The van der Waals surface area contributed by atoms with Crippen LogP contribution in [0.2, 0.25) is 0 Å². The Labute approximate surface area is 139 Å². The van der Waals surface area contributed by atoms with Gasteiger partial charge in [0.25, 0.3) is 0 Å². The minimum absolute atomic E-state index is 0. The molecule has 0 bridgehead atoms. The molecular weight excluding hydrogens is 313 g/mol. The van der Waals surface area contributed by atoms with Crippen molar-refractivity contribution in [1.82, 2.24) is 5.48 Å². The second-order valence-electron chi connectivity index (χ2n) is 4.29. The van der Waals surface area contributed by atoms with Gasteiger partial charge in [-0.2, -0.15) is 0 Å². The minimum Gasteiger partial charge on any atom is -0.684 e. The molecule has 0 saturated carbocycles. The molecule has 1 radical (unpaired) electrons. The van der Waals surface area contributed by atoms with E-state index >= 15 is 0 Å². The largest absolute Gasteiger partial charge is 0.684 e. The predicted octanol–water partition coefficient (Wildman–Crippen LogP) is 3.77. The van der Waals surface area contributed by atoms with Gasteiger partial charge in [-0.05, 0) is 22.8 Å². The summed E-state index contributed by atoms with van der Waals surface area (Å²) in [6.07, 6.45) is 1.87. The van der Waals surface area contributed by atoms with Gasteiger partial charge >= 0.3 is 0 Å². The van der Waals surface area contributed by atoms with Crippen molar-refractivity contribution in [3.63, 3.8) is 0 Å². The first kappa shape index (κ1) is 16.6. The number of benzene rings is 2. The van der Waals surface area contributed by atoms with Crippen LogP contribution in [-0.4, -0.2) is 18.3 Å². The first-order valence-electron chi connectivity index (χ1n) is 6.42. The molecule has 0 unspecified atom stereocenters. The molecule has 0 spiro atoms. The minimum atomic E-state index is 0. The van der Waals surface area contributed by atoms with Crippen LogP contribution in [0.15, 0.2) is 36.4 Å². The maximum atomic E-state index is 8.51. The van der Waals surface area contributed by atoms with Gasteiger partial charge in [0.15, 0.2) is 0 Å². The summed E-state index contributed by atoms with van der Waals surface area (Å²) in [5, 5.41) is 15.6. The summed E-state index contributed by atoms with van der Waals surface area (Å²) >= 11 is 0. The first-order chi connectivity index (χ1) is 8.86. The van der Waals surface area contributed by atoms with E-state index in [0.717, 1.165) is 25.1 Å². The molecular formula is C15H19N2OY-. The summed E-state index contributed by atoms with van der Waals surface area (Å²) in [5.74, 6) is 0. The third-order valence-corrected chi connectivity index (χ3v) is 3.10. The second-order valence-corrected chi connectivity index (χ2v) is 4.29. The molecule has 2 aromatic carbocycles. The standard InChI is InChI=1S/C15H19N2O.Y/c1-2-12-6-3-8-14-13(12)7-4-9-15(14)16-10-5-11-17-18;/h3-4,6-9,17-18H,2,5,10-11H2,1H3;/q-1;. The Morgan fingerprint density at radius 3 is 2.58 bits per heavy atom. The summed E-state index contributed by atoms with van der Waals surface area (Å²) in [6, 6.07) is 12.6. The van der Waals surface area contributed by atoms with Crippen molar-refractivity contribution in [2.45, 2.75) is 19.8 Å². The van der Waals surface area contributed by atoms with E-state index < -0.39 is 0 Å². The van der Waals surface area contributed by atoms with Crippen molar-refractivity contribution in [1.29, 1.82) is 0 Å². The normalized spacial score (nSPS) is 10.2. The smallest absolute Gasteiger partial charge is 0.0193 e. The number of hydrogen-bond acceptors (Lipinski definition) is 2. The maximum Gasteiger partial charge on any atom is 0.0193 e. The van der Waals surface area contributed by atoms with Crippen LogP contribution in [0.1, 0.15) is 18.9 Å². The van der Waals surface area contributed by atoms with Gasteiger partial charge in [-0.3, -0.25) is 0 Å². The molecule has 0 aliphatic heterocycles. The number of hydroxylamine groups is 1. The van der Waals surface area contributed by atoms with Gasteiger partial charge in [-0.25, -0.2) is 5.48 Å². The predicted molar refractivity (Wildman–Crippen MR) is 75.6 cm³/mol. The zero-order valence-electron chi connectivity index (χ0n) is 11.3. The van der Waals surface area contributed by atoms with E-state index in [2.05, 4.69) is 48.1 Å². The molecule has 99 valence electrons. The van der Waals surface area contributed by atoms with Crippen molar-refractivity contribution in [2.24, 2.45) is 0 Å². The summed E-state index contributed by atoms with van der Waals surface area (Å²) in [4.78, 5) is 0. The summed E-state index contributed by atoms with van der Waals surface area (Å²) in [7, 11) is 0. The molecule has 0 aliphatic carbocycles. The summed E-state index contributed by atoms with van der Waals surface area (Å²) < 4.78 is 0. The number of fused-ring (bicyclic) bond motifs is 1. The van der Waals surface area contributed by atoms with Gasteiger partial charge in [0, 0.05) is 39.3 Å². The van der Waals surface area contributed by atoms with Crippen molar-refractivity contribution < 1.29 is 37.9 Å². The Kier molecular flexibility index (Phi) is 7.54. The zero-order chi connectivity index (χ0) is 12.8. The van der Waals surface area contributed by atoms with E-state index in [4.69, 9.17) is 5.21 Å². The third-order valence-electron chi connectivity index (χ3n) is 3.10. The van der Waals surface area contributed by atoms with Crippen LogP contribution in [0.3, 0.4) is 0 Å². The second kappa shape index (κ2) is 8.65. The Morgan fingerprint density at radius 1 is 1.11 bits per heavy atom. The molecule has 3 nitrogen and oxygen atoms in total. The fourth-order valence-corrected chi connectivity index (χ4v) is 2.16. The molecule has 2 rings (SSSR count). The number of aryl methyl sites for hydroxylation is 1. The van der Waals surface area contributed by atoms with Crippen molar-refractivity contribution in [2.75, 3.05) is 13.1 Å². The van der Waals surface area contributed by atoms with Crippen LogP contribution >= 0.6 is 0 Å². The third kappa shape index (κ3) is 4.25. The topological polar surface area (TPSA) is 46.4 Å². The molecule has 2 aromatic rings. The SMILES string of the molecule is CCc1cccc2c([N-]CCCNO)cccc12.[Y]. The quantitative estimate of drug-likeness (QED) is 0.625.